The van der Waals surface area contributed by atoms with E-state index in [2.05, 4.69) is 30.9 Å². The van der Waals surface area contributed by atoms with E-state index in [0.29, 0.717) is 4.57 Å². The maximum absolute atomic E-state index is 13.0. The molecular formula is C12H10FN9O3. The van der Waals surface area contributed by atoms with E-state index in [4.69, 9.17) is 0 Å². The molecule has 0 saturated heterocycles. The van der Waals surface area contributed by atoms with Gasteiger partial charge in [-0.25, -0.2) is 28.1 Å². The third kappa shape index (κ3) is 2.89. The Kier molecular flexibility index (Phi) is 3.88. The van der Waals surface area contributed by atoms with Gasteiger partial charge in [0.25, 0.3) is 11.5 Å². The van der Waals surface area contributed by atoms with Crippen LogP contribution < -0.4 is 16.6 Å². The molecule has 0 radical (unpaired) electrons. The van der Waals surface area contributed by atoms with Crippen molar-refractivity contribution in [1.82, 2.24) is 39.5 Å². The van der Waals surface area contributed by atoms with Crippen LogP contribution in [0.2, 0.25) is 0 Å². The molecule has 0 bridgehead atoms. The third-order valence-electron chi connectivity index (χ3n) is 3.13. The Labute approximate surface area is 137 Å². The molecule has 12 nitrogen and oxygen atoms in total. The minimum atomic E-state index is -1.02. The highest BCUT2D eigenvalue weighted by Gasteiger charge is 2.21. The number of tetrazole rings is 1. The van der Waals surface area contributed by atoms with Gasteiger partial charge in [-0.2, -0.15) is 5.10 Å². The summed E-state index contributed by atoms with van der Waals surface area (Å²) in [5.41, 5.74) is -2.45. The molecule has 0 atom stereocenters. The second kappa shape index (κ2) is 6.03. The summed E-state index contributed by atoms with van der Waals surface area (Å²) in [4.78, 5) is 40.7. The lowest BCUT2D eigenvalue weighted by Crippen LogP contribution is -2.44. The zero-order chi connectivity index (χ0) is 18.1. The van der Waals surface area contributed by atoms with Gasteiger partial charge in [0.1, 0.15) is 11.6 Å². The van der Waals surface area contributed by atoms with Gasteiger partial charge in [0, 0.05) is 14.1 Å². The van der Waals surface area contributed by atoms with Crippen LogP contribution >= 0.6 is 0 Å². The Morgan fingerprint density at radius 3 is 2.56 bits per heavy atom. The number of carbonyl (C=O) groups is 1. The van der Waals surface area contributed by atoms with Crippen LogP contribution in [0.15, 0.2) is 27.9 Å². The van der Waals surface area contributed by atoms with Crippen LogP contribution in [0.1, 0.15) is 10.5 Å². The largest absolute Gasteiger partial charge is 0.353 e. The Balaban J connectivity index is 2.11. The van der Waals surface area contributed by atoms with E-state index in [-0.39, 0.29) is 11.8 Å². The van der Waals surface area contributed by atoms with E-state index in [1.807, 2.05) is 0 Å². The second-order valence-corrected chi connectivity index (χ2v) is 4.81. The molecule has 1 amide bonds. The van der Waals surface area contributed by atoms with Crippen LogP contribution in [0.4, 0.5) is 10.3 Å². The summed E-state index contributed by atoms with van der Waals surface area (Å²) in [5, 5.41) is 16.4. The standard InChI is InChI=1S/C12H10FN9O3/c1-20-11(16-18-19-20)15-9(23)8-10(24)22(12(25)21(2)17-8)7-4-3-6(13)5-14-7/h3-5H,1-2H3,(H,15,16,19,23). The first-order valence-corrected chi connectivity index (χ1v) is 6.74. The number of pyridine rings is 1. The van der Waals surface area contributed by atoms with E-state index in [1.165, 1.54) is 18.8 Å². The van der Waals surface area contributed by atoms with Gasteiger partial charge in [-0.3, -0.25) is 14.9 Å². The van der Waals surface area contributed by atoms with Crippen molar-refractivity contribution in [3.8, 4) is 5.82 Å². The van der Waals surface area contributed by atoms with Crippen molar-refractivity contribution in [2.75, 3.05) is 5.32 Å². The van der Waals surface area contributed by atoms with E-state index in [1.54, 1.807) is 0 Å². The van der Waals surface area contributed by atoms with Gasteiger partial charge in [-0.15, -0.1) is 0 Å². The summed E-state index contributed by atoms with van der Waals surface area (Å²) in [6, 6.07) is 2.16. The predicted octanol–water partition coefficient (Wildman–Crippen LogP) is -1.76. The molecule has 0 aromatic carbocycles. The second-order valence-electron chi connectivity index (χ2n) is 4.81. The molecule has 25 heavy (non-hydrogen) atoms. The average Bonchev–Trinajstić information content (AvgIpc) is 2.97. The van der Waals surface area contributed by atoms with Gasteiger partial charge in [0.15, 0.2) is 0 Å². The number of hydrogen-bond acceptors (Lipinski definition) is 8. The van der Waals surface area contributed by atoms with Crippen molar-refractivity contribution in [2.24, 2.45) is 14.1 Å². The minimum Gasteiger partial charge on any atom is -0.288 e. The van der Waals surface area contributed by atoms with Gasteiger partial charge in [0.2, 0.25) is 11.6 Å². The lowest BCUT2D eigenvalue weighted by molar-refractivity contribution is 0.101. The van der Waals surface area contributed by atoms with Crippen molar-refractivity contribution in [3.05, 3.63) is 50.7 Å². The average molecular weight is 347 g/mol. The van der Waals surface area contributed by atoms with E-state index >= 15 is 0 Å². The maximum Gasteiger partial charge on any atom is 0.353 e. The van der Waals surface area contributed by atoms with Crippen LogP contribution in [0.3, 0.4) is 0 Å². The topological polar surface area (TPSA) is 142 Å². The summed E-state index contributed by atoms with van der Waals surface area (Å²) >= 11 is 0. The molecule has 3 aromatic heterocycles. The molecule has 128 valence electrons. The third-order valence-corrected chi connectivity index (χ3v) is 3.13. The molecule has 0 aliphatic rings. The van der Waals surface area contributed by atoms with Gasteiger partial charge >= 0.3 is 5.69 Å². The van der Waals surface area contributed by atoms with Crippen molar-refractivity contribution >= 4 is 11.9 Å². The van der Waals surface area contributed by atoms with E-state index < -0.39 is 28.7 Å². The quantitative estimate of drug-likeness (QED) is 0.587. The van der Waals surface area contributed by atoms with Gasteiger partial charge in [0.05, 0.1) is 6.20 Å². The highest BCUT2D eigenvalue weighted by Crippen LogP contribution is 2.02. The Bertz CT molecular complexity index is 1070. The number of rotatable bonds is 3. The molecule has 0 aliphatic carbocycles. The molecule has 3 heterocycles. The molecule has 13 heteroatoms. The lowest BCUT2D eigenvalue weighted by Gasteiger charge is -2.08. The zero-order valence-electron chi connectivity index (χ0n) is 12.9. The first-order chi connectivity index (χ1) is 11.9. The number of aromatic nitrogens is 8. The van der Waals surface area contributed by atoms with Gasteiger partial charge in [-0.05, 0) is 22.6 Å². The zero-order valence-corrected chi connectivity index (χ0v) is 12.9. The molecule has 3 aromatic rings. The monoisotopic (exact) mass is 347 g/mol. The fourth-order valence-corrected chi connectivity index (χ4v) is 1.91. The molecular weight excluding hydrogens is 337 g/mol. The Hall–Kier alpha value is -3.77. The van der Waals surface area contributed by atoms with Crippen LogP contribution in [0, 0.1) is 5.82 Å². The van der Waals surface area contributed by atoms with Gasteiger partial charge in [-0.1, -0.05) is 5.10 Å². The summed E-state index contributed by atoms with van der Waals surface area (Å²) in [7, 11) is 2.73. The van der Waals surface area contributed by atoms with Crippen molar-refractivity contribution in [2.45, 2.75) is 0 Å². The number of carbonyl (C=O) groups excluding carboxylic acids is 1. The molecule has 0 aliphatic heterocycles. The van der Waals surface area contributed by atoms with E-state index in [0.717, 1.165) is 23.0 Å². The maximum atomic E-state index is 13.0. The van der Waals surface area contributed by atoms with Crippen LogP contribution in [-0.4, -0.2) is 45.4 Å². The highest BCUT2D eigenvalue weighted by molar-refractivity contribution is 6.01. The van der Waals surface area contributed by atoms with Crippen LogP contribution in [0.5, 0.6) is 0 Å². The molecule has 3 rings (SSSR count). The molecule has 0 unspecified atom stereocenters. The fourth-order valence-electron chi connectivity index (χ4n) is 1.91. The van der Waals surface area contributed by atoms with Crippen molar-refractivity contribution in [1.29, 1.82) is 0 Å². The number of nitrogens with one attached hydrogen (secondary N) is 1. The summed E-state index contributed by atoms with van der Waals surface area (Å²) in [6.45, 7) is 0. The molecule has 0 saturated carbocycles. The number of aryl methyl sites for hydroxylation is 2. The normalized spacial score (nSPS) is 10.7. The van der Waals surface area contributed by atoms with Crippen molar-refractivity contribution in [3.63, 3.8) is 0 Å². The SMILES string of the molecule is Cn1nnnc1NC(=O)c1nn(C)c(=O)n(-c2ccc(F)cn2)c1=O. The molecule has 0 fully saturated rings. The smallest absolute Gasteiger partial charge is 0.288 e. The number of halogens is 1. The minimum absolute atomic E-state index is 0.0217. The predicted molar refractivity (Wildman–Crippen MR) is 79.6 cm³/mol. The van der Waals surface area contributed by atoms with Crippen molar-refractivity contribution < 1.29 is 9.18 Å². The number of nitrogens with zero attached hydrogens (tertiary/aromatic N) is 8. The number of hydrogen-bond donors (Lipinski definition) is 1. The molecule has 0 spiro atoms. The number of anilines is 1. The first-order valence-electron chi connectivity index (χ1n) is 6.74. The molecule has 1 N–H and O–H groups in total. The summed E-state index contributed by atoms with van der Waals surface area (Å²) in [5.74, 6) is -1.74. The Morgan fingerprint density at radius 2 is 1.96 bits per heavy atom. The first kappa shape index (κ1) is 16.1. The lowest BCUT2D eigenvalue weighted by atomic mass is 10.4. The fraction of sp³-hybridized carbons (Fsp3) is 0.167. The van der Waals surface area contributed by atoms with Gasteiger partial charge < -0.3 is 0 Å². The summed E-state index contributed by atoms with van der Waals surface area (Å²) in [6.07, 6.45) is 0.840. The summed E-state index contributed by atoms with van der Waals surface area (Å²) < 4.78 is 15.6. The van der Waals surface area contributed by atoms with Crippen LogP contribution in [-0.2, 0) is 14.1 Å². The van der Waals surface area contributed by atoms with Crippen LogP contribution in [0.25, 0.3) is 5.82 Å². The Morgan fingerprint density at radius 1 is 1.20 bits per heavy atom. The number of amides is 1. The highest BCUT2D eigenvalue weighted by atomic mass is 19.1. The van der Waals surface area contributed by atoms with E-state index in [9.17, 15) is 18.8 Å².